The van der Waals surface area contributed by atoms with Gasteiger partial charge in [0.1, 0.15) is 12.1 Å². The Labute approximate surface area is 178 Å². The third-order valence-electron chi connectivity index (χ3n) is 6.12. The van der Waals surface area contributed by atoms with Crippen LogP contribution in [0.3, 0.4) is 0 Å². The lowest BCUT2D eigenvalue weighted by Gasteiger charge is -2.30. The van der Waals surface area contributed by atoms with Gasteiger partial charge in [0.15, 0.2) is 0 Å². The molecule has 0 saturated carbocycles. The summed E-state index contributed by atoms with van der Waals surface area (Å²) in [5, 5.41) is 0. The van der Waals surface area contributed by atoms with Crippen LogP contribution in [-0.2, 0) is 0 Å². The van der Waals surface area contributed by atoms with Gasteiger partial charge in [-0.1, -0.05) is 12.1 Å². The average Bonchev–Trinajstić information content (AvgIpc) is 3.37. The summed E-state index contributed by atoms with van der Waals surface area (Å²) in [6, 6.07) is 9.51. The largest absolute Gasteiger partial charge is 0.338 e. The molecule has 0 unspecified atom stereocenters. The molecule has 7 nitrogen and oxygen atoms in total. The van der Waals surface area contributed by atoms with Crippen molar-refractivity contribution in [1.82, 2.24) is 24.8 Å². The number of nitrogens with zero attached hydrogens (tertiary/aromatic N) is 5. The van der Waals surface area contributed by atoms with Gasteiger partial charge in [-0.05, 0) is 29.8 Å². The number of benzene rings is 1. The minimum Gasteiger partial charge on any atom is -0.338 e. The first-order valence-electron chi connectivity index (χ1n) is 10.1. The molecule has 2 aliphatic rings. The number of carbonyl (C=O) groups is 2. The van der Waals surface area contributed by atoms with Gasteiger partial charge >= 0.3 is 0 Å². The Balaban J connectivity index is 1.46. The van der Waals surface area contributed by atoms with Crippen LogP contribution in [0.5, 0.6) is 0 Å². The number of carbonyl (C=O) groups excluding carboxylic acids is 2. The summed E-state index contributed by atoms with van der Waals surface area (Å²) in [6.07, 6.45) is 7.56. The maximum atomic E-state index is 14.0. The van der Waals surface area contributed by atoms with Gasteiger partial charge in [-0.25, -0.2) is 14.4 Å². The van der Waals surface area contributed by atoms with E-state index in [1.165, 1.54) is 30.9 Å². The van der Waals surface area contributed by atoms with Crippen molar-refractivity contribution in [2.24, 2.45) is 11.8 Å². The van der Waals surface area contributed by atoms with E-state index in [-0.39, 0.29) is 35.5 Å². The third-order valence-corrected chi connectivity index (χ3v) is 6.12. The molecule has 8 heteroatoms. The minimum absolute atomic E-state index is 0.0102. The molecular weight excluding hydrogens is 397 g/mol. The summed E-state index contributed by atoms with van der Waals surface area (Å²) in [5.41, 5.74) is 1.67. The second-order valence-corrected chi connectivity index (χ2v) is 7.96. The predicted octanol–water partition coefficient (Wildman–Crippen LogP) is 2.60. The van der Waals surface area contributed by atoms with Gasteiger partial charge in [-0.2, -0.15) is 0 Å². The first kappa shape index (κ1) is 19.3. The average molecular weight is 417 g/mol. The second-order valence-electron chi connectivity index (χ2n) is 7.96. The summed E-state index contributed by atoms with van der Waals surface area (Å²) >= 11 is 0. The van der Waals surface area contributed by atoms with Gasteiger partial charge in [0.25, 0.3) is 11.8 Å². The van der Waals surface area contributed by atoms with E-state index in [0.717, 1.165) is 5.56 Å². The molecule has 5 rings (SSSR count). The zero-order valence-electron chi connectivity index (χ0n) is 16.6. The number of amides is 2. The maximum absolute atomic E-state index is 14.0. The number of pyridine rings is 1. The lowest BCUT2D eigenvalue weighted by atomic mass is 9.89. The fourth-order valence-electron chi connectivity index (χ4n) is 4.78. The Kier molecular flexibility index (Phi) is 4.89. The molecule has 2 aromatic heterocycles. The van der Waals surface area contributed by atoms with Crippen molar-refractivity contribution in [3.63, 3.8) is 0 Å². The molecule has 2 amide bonds. The summed E-state index contributed by atoms with van der Waals surface area (Å²) in [4.78, 5) is 41.7. The number of hydrogen-bond donors (Lipinski definition) is 0. The molecule has 4 heterocycles. The van der Waals surface area contributed by atoms with E-state index in [2.05, 4.69) is 15.0 Å². The van der Waals surface area contributed by atoms with E-state index in [0.29, 0.717) is 30.8 Å². The highest BCUT2D eigenvalue weighted by Gasteiger charge is 2.50. The number of halogens is 1. The molecule has 0 bridgehead atoms. The lowest BCUT2D eigenvalue weighted by Crippen LogP contribution is -2.37. The zero-order chi connectivity index (χ0) is 21.4. The molecule has 3 aromatic rings. The van der Waals surface area contributed by atoms with E-state index in [4.69, 9.17) is 0 Å². The Hall–Kier alpha value is -3.68. The van der Waals surface area contributed by atoms with Gasteiger partial charge in [0.2, 0.25) is 0 Å². The Bertz CT molecular complexity index is 1110. The first-order valence-corrected chi connectivity index (χ1v) is 10.1. The van der Waals surface area contributed by atoms with Crippen LogP contribution in [0, 0.1) is 17.7 Å². The highest BCUT2D eigenvalue weighted by molar-refractivity contribution is 5.95. The number of hydrogen-bond acceptors (Lipinski definition) is 5. The molecule has 1 aromatic carbocycles. The molecular formula is C23H20FN5O2. The molecule has 2 fully saturated rings. The third kappa shape index (κ3) is 3.54. The van der Waals surface area contributed by atoms with Crippen molar-refractivity contribution in [3.05, 3.63) is 90.0 Å². The van der Waals surface area contributed by atoms with E-state index < -0.39 is 0 Å². The SMILES string of the molecule is O=C(c1cncnc1)N1C[C@H]2CN(C(=O)c3cccnc3)[C@H](c3cccc(F)c3)[C@H]2C1. The summed E-state index contributed by atoms with van der Waals surface area (Å²) in [7, 11) is 0. The summed E-state index contributed by atoms with van der Waals surface area (Å²) in [5.74, 6) is -0.496. The van der Waals surface area contributed by atoms with E-state index in [1.54, 1.807) is 40.4 Å². The standard InChI is InChI=1S/C23H20FN5O2/c24-19-5-1-3-15(7-19)21-20-13-28(22(30)17-9-26-14-27-10-17)11-18(20)12-29(21)23(31)16-4-2-6-25-8-16/h1-10,14,18,20-21H,11-13H2/t18-,20-,21+/m0/s1. The minimum atomic E-state index is -0.345. The van der Waals surface area contributed by atoms with Crippen LogP contribution >= 0.6 is 0 Å². The van der Waals surface area contributed by atoms with Crippen LogP contribution in [0.1, 0.15) is 32.3 Å². The van der Waals surface area contributed by atoms with Gasteiger partial charge in [-0.3, -0.25) is 14.6 Å². The predicted molar refractivity (Wildman–Crippen MR) is 109 cm³/mol. The van der Waals surface area contributed by atoms with Crippen molar-refractivity contribution in [2.45, 2.75) is 6.04 Å². The molecule has 0 radical (unpaired) electrons. The molecule has 0 aliphatic carbocycles. The summed E-state index contributed by atoms with van der Waals surface area (Å²) < 4.78 is 14.0. The number of fused-ring (bicyclic) bond motifs is 1. The van der Waals surface area contributed by atoms with Crippen molar-refractivity contribution in [2.75, 3.05) is 19.6 Å². The number of aromatic nitrogens is 3. The first-order chi connectivity index (χ1) is 15.1. The van der Waals surface area contributed by atoms with Crippen molar-refractivity contribution >= 4 is 11.8 Å². The molecule has 156 valence electrons. The lowest BCUT2D eigenvalue weighted by molar-refractivity contribution is 0.0676. The quantitative estimate of drug-likeness (QED) is 0.655. The Morgan fingerprint density at radius 1 is 0.903 bits per heavy atom. The normalized spacial score (nSPS) is 22.4. The fourth-order valence-corrected chi connectivity index (χ4v) is 4.78. The maximum Gasteiger partial charge on any atom is 0.257 e. The van der Waals surface area contributed by atoms with Gasteiger partial charge in [0.05, 0.1) is 17.2 Å². The van der Waals surface area contributed by atoms with Crippen molar-refractivity contribution < 1.29 is 14.0 Å². The molecule has 3 atom stereocenters. The number of rotatable bonds is 3. The van der Waals surface area contributed by atoms with Crippen LogP contribution in [-0.4, -0.2) is 56.2 Å². The highest BCUT2D eigenvalue weighted by atomic mass is 19.1. The Morgan fingerprint density at radius 2 is 1.71 bits per heavy atom. The molecule has 2 aliphatic heterocycles. The second kappa shape index (κ2) is 7.86. The highest BCUT2D eigenvalue weighted by Crippen LogP contribution is 2.45. The van der Waals surface area contributed by atoms with Crippen LogP contribution < -0.4 is 0 Å². The van der Waals surface area contributed by atoms with E-state index in [1.807, 2.05) is 6.07 Å². The van der Waals surface area contributed by atoms with Crippen LogP contribution in [0.25, 0.3) is 0 Å². The zero-order valence-corrected chi connectivity index (χ0v) is 16.6. The van der Waals surface area contributed by atoms with Crippen molar-refractivity contribution in [1.29, 1.82) is 0 Å². The summed E-state index contributed by atoms with van der Waals surface area (Å²) in [6.45, 7) is 1.51. The number of likely N-dealkylation sites (tertiary alicyclic amines) is 2. The van der Waals surface area contributed by atoms with Gasteiger partial charge < -0.3 is 9.80 Å². The fraction of sp³-hybridized carbons (Fsp3) is 0.261. The molecule has 0 spiro atoms. The van der Waals surface area contributed by atoms with Crippen LogP contribution in [0.15, 0.2) is 67.5 Å². The van der Waals surface area contributed by atoms with Crippen LogP contribution in [0.4, 0.5) is 4.39 Å². The van der Waals surface area contributed by atoms with E-state index >= 15 is 0 Å². The smallest absolute Gasteiger partial charge is 0.257 e. The van der Waals surface area contributed by atoms with Crippen LogP contribution in [0.2, 0.25) is 0 Å². The van der Waals surface area contributed by atoms with Gasteiger partial charge in [-0.15, -0.1) is 0 Å². The van der Waals surface area contributed by atoms with E-state index in [9.17, 15) is 14.0 Å². The Morgan fingerprint density at radius 3 is 2.45 bits per heavy atom. The molecule has 2 saturated heterocycles. The molecule has 0 N–H and O–H groups in total. The molecule has 31 heavy (non-hydrogen) atoms. The topological polar surface area (TPSA) is 79.3 Å². The monoisotopic (exact) mass is 417 g/mol. The van der Waals surface area contributed by atoms with Crippen molar-refractivity contribution in [3.8, 4) is 0 Å². The van der Waals surface area contributed by atoms with Gasteiger partial charge in [0, 0.05) is 56.3 Å².